The van der Waals surface area contributed by atoms with Crippen LogP contribution in [0.3, 0.4) is 0 Å². The van der Waals surface area contributed by atoms with Crippen LogP contribution in [0.15, 0.2) is 93.3 Å². The van der Waals surface area contributed by atoms with Gasteiger partial charge in [-0.1, -0.05) is 53.5 Å². The third-order valence-electron chi connectivity index (χ3n) is 4.41. The molecule has 0 radical (unpaired) electrons. The predicted octanol–water partition coefficient (Wildman–Crippen LogP) is 4.79. The second-order valence-electron chi connectivity index (χ2n) is 6.60. The van der Waals surface area contributed by atoms with E-state index < -0.39 is 15.9 Å². The van der Waals surface area contributed by atoms with Crippen molar-refractivity contribution in [2.45, 2.75) is 4.90 Å². The summed E-state index contributed by atoms with van der Waals surface area (Å²) in [4.78, 5) is 15.0. The highest BCUT2D eigenvalue weighted by molar-refractivity contribution is 7.89. The van der Waals surface area contributed by atoms with Gasteiger partial charge in [-0.15, -0.1) is 5.10 Å². The molecule has 10 heteroatoms. The van der Waals surface area contributed by atoms with Crippen molar-refractivity contribution in [3.63, 3.8) is 0 Å². The fourth-order valence-corrected chi connectivity index (χ4v) is 3.95. The summed E-state index contributed by atoms with van der Waals surface area (Å²) < 4.78 is 30.9. The van der Waals surface area contributed by atoms with Crippen molar-refractivity contribution < 1.29 is 17.6 Å². The molecule has 0 aliphatic heterocycles. The molecule has 0 saturated carbocycles. The Labute approximate surface area is 193 Å². The zero-order chi connectivity index (χ0) is 22.7. The van der Waals surface area contributed by atoms with Crippen LogP contribution in [0.25, 0.3) is 11.0 Å². The molecule has 0 spiro atoms. The molecular weight excluding hydrogens is 473 g/mol. The minimum atomic E-state index is -4.02. The van der Waals surface area contributed by atoms with Crippen LogP contribution in [0.4, 0.5) is 5.69 Å². The van der Waals surface area contributed by atoms with Gasteiger partial charge in [-0.3, -0.25) is 4.79 Å². The van der Waals surface area contributed by atoms with Gasteiger partial charge < -0.3 is 9.73 Å². The Bertz CT molecular complexity index is 1480. The second kappa shape index (κ2) is 9.04. The Morgan fingerprint density at radius 2 is 1.59 bits per heavy atom. The average Bonchev–Trinajstić information content (AvgIpc) is 2.79. The first kappa shape index (κ1) is 21.9. The number of fused-ring (bicyclic) bond motifs is 1. The smallest absolute Gasteiger partial charge is 0.276 e. The molecule has 4 aromatic rings. The first-order valence-corrected chi connectivity index (χ1v) is 11.5. The van der Waals surface area contributed by atoms with Crippen molar-refractivity contribution in [3.8, 4) is 0 Å². The highest BCUT2D eigenvalue weighted by Gasteiger charge is 2.17. The molecule has 1 amide bonds. The molecule has 162 valence electrons. The molecule has 1 aromatic heterocycles. The van der Waals surface area contributed by atoms with E-state index in [4.69, 9.17) is 27.6 Å². The fourth-order valence-electron chi connectivity index (χ4n) is 2.84. The lowest BCUT2D eigenvalue weighted by Gasteiger charge is -2.08. The van der Waals surface area contributed by atoms with Crippen molar-refractivity contribution in [1.29, 1.82) is 0 Å². The second-order valence-corrected chi connectivity index (χ2v) is 9.10. The Hall–Kier alpha value is -3.33. The van der Waals surface area contributed by atoms with Crippen LogP contribution >= 0.6 is 23.2 Å². The van der Waals surface area contributed by atoms with E-state index in [1.807, 2.05) is 0 Å². The maximum absolute atomic E-state index is 13.0. The van der Waals surface area contributed by atoms with Crippen molar-refractivity contribution in [1.82, 2.24) is 4.83 Å². The SMILES string of the molecule is O=C(Nc1ccccc1Cl)c1cc2ccccc2oc1=NNS(=O)(=O)c1ccc(Cl)cc1. The van der Waals surface area contributed by atoms with Gasteiger partial charge in [0, 0.05) is 10.4 Å². The van der Waals surface area contributed by atoms with Crippen molar-refractivity contribution in [3.05, 3.63) is 100 Å². The van der Waals surface area contributed by atoms with Gasteiger partial charge in [-0.2, -0.15) is 13.2 Å². The lowest BCUT2D eigenvalue weighted by Crippen LogP contribution is -2.27. The number of hydrogen-bond acceptors (Lipinski definition) is 5. The molecule has 0 saturated heterocycles. The van der Waals surface area contributed by atoms with Crippen molar-refractivity contribution in [2.24, 2.45) is 5.10 Å². The number of amides is 1. The summed E-state index contributed by atoms with van der Waals surface area (Å²) in [6.07, 6.45) is 0. The number of benzene rings is 3. The Kier molecular flexibility index (Phi) is 6.18. The topological polar surface area (TPSA) is 101 Å². The molecule has 2 N–H and O–H groups in total. The number of carbonyl (C=O) groups excluding carboxylic acids is 1. The normalized spacial score (nSPS) is 12.0. The largest absolute Gasteiger partial charge is 0.436 e. The highest BCUT2D eigenvalue weighted by atomic mass is 35.5. The molecule has 1 heterocycles. The maximum Gasteiger partial charge on any atom is 0.276 e. The van der Waals surface area contributed by atoms with Crippen LogP contribution in [0, 0.1) is 0 Å². The Balaban J connectivity index is 1.76. The van der Waals surface area contributed by atoms with Gasteiger partial charge in [-0.05, 0) is 48.5 Å². The minimum absolute atomic E-state index is 0.0161. The number of anilines is 1. The number of halogens is 2. The summed E-state index contributed by atoms with van der Waals surface area (Å²) in [5.41, 5.74) is 0.611. The van der Waals surface area contributed by atoms with E-state index in [9.17, 15) is 13.2 Å². The average molecular weight is 488 g/mol. The number of nitrogens with zero attached hydrogens (tertiary/aromatic N) is 1. The number of rotatable bonds is 5. The lowest BCUT2D eigenvalue weighted by molar-refractivity contribution is 0.102. The molecule has 0 unspecified atom stereocenters. The van der Waals surface area contributed by atoms with Crippen LogP contribution in [-0.4, -0.2) is 14.3 Å². The molecular formula is C22H15Cl2N3O4S. The van der Waals surface area contributed by atoms with Gasteiger partial charge in [-0.25, -0.2) is 0 Å². The first-order chi connectivity index (χ1) is 15.3. The van der Waals surface area contributed by atoms with Gasteiger partial charge >= 0.3 is 0 Å². The first-order valence-electron chi connectivity index (χ1n) is 9.23. The molecule has 0 fully saturated rings. The van der Waals surface area contributed by atoms with Crippen LogP contribution in [0.5, 0.6) is 0 Å². The van der Waals surface area contributed by atoms with Crippen LogP contribution in [-0.2, 0) is 10.0 Å². The van der Waals surface area contributed by atoms with Crippen molar-refractivity contribution >= 4 is 55.8 Å². The third-order valence-corrected chi connectivity index (χ3v) is 6.22. The third kappa shape index (κ3) is 4.77. The van der Waals surface area contributed by atoms with E-state index in [-0.39, 0.29) is 16.0 Å². The molecule has 32 heavy (non-hydrogen) atoms. The van der Waals surface area contributed by atoms with E-state index in [1.165, 1.54) is 24.3 Å². The summed E-state index contributed by atoms with van der Waals surface area (Å²) in [7, 11) is -4.02. The Morgan fingerprint density at radius 1 is 0.906 bits per heavy atom. The monoisotopic (exact) mass is 487 g/mol. The Morgan fingerprint density at radius 3 is 2.34 bits per heavy atom. The predicted molar refractivity (Wildman–Crippen MR) is 123 cm³/mol. The van der Waals surface area contributed by atoms with Crippen LogP contribution in [0.2, 0.25) is 10.0 Å². The fraction of sp³-hybridized carbons (Fsp3) is 0. The number of hydrogen-bond donors (Lipinski definition) is 2. The molecule has 0 aliphatic carbocycles. The number of nitrogens with one attached hydrogen (secondary N) is 2. The number of sulfonamides is 1. The van der Waals surface area contributed by atoms with Gasteiger partial charge in [0.2, 0.25) is 5.55 Å². The summed E-state index contributed by atoms with van der Waals surface area (Å²) in [5.74, 6) is -0.572. The van der Waals surface area contributed by atoms with Gasteiger partial charge in [0.1, 0.15) is 11.1 Å². The summed E-state index contributed by atoms with van der Waals surface area (Å²) >= 11 is 11.9. The summed E-state index contributed by atoms with van der Waals surface area (Å²) in [6, 6.07) is 20.8. The summed E-state index contributed by atoms with van der Waals surface area (Å²) in [6.45, 7) is 0. The van der Waals surface area contributed by atoms with E-state index in [0.717, 1.165) is 0 Å². The molecule has 0 aliphatic rings. The minimum Gasteiger partial charge on any atom is -0.436 e. The molecule has 7 nitrogen and oxygen atoms in total. The molecule has 0 atom stereocenters. The number of para-hydroxylation sites is 2. The number of carbonyl (C=O) groups is 1. The van der Waals surface area contributed by atoms with E-state index in [1.54, 1.807) is 54.6 Å². The zero-order valence-electron chi connectivity index (χ0n) is 16.2. The summed E-state index contributed by atoms with van der Waals surface area (Å²) in [5, 5.41) is 7.94. The molecule has 4 rings (SSSR count). The van der Waals surface area contributed by atoms with Crippen molar-refractivity contribution in [2.75, 3.05) is 5.32 Å². The highest BCUT2D eigenvalue weighted by Crippen LogP contribution is 2.21. The maximum atomic E-state index is 13.0. The van der Waals surface area contributed by atoms with Gasteiger partial charge in [0.15, 0.2) is 0 Å². The van der Waals surface area contributed by atoms with E-state index in [2.05, 4.69) is 15.2 Å². The standard InChI is InChI=1S/C22H15Cl2N3O4S/c23-15-9-11-16(12-10-15)32(29,30)27-26-22-17(13-14-5-1-4-8-20(14)31-22)21(28)25-19-7-3-2-6-18(19)24/h1-13,27H,(H,25,28). The lowest BCUT2D eigenvalue weighted by atomic mass is 10.1. The van der Waals surface area contributed by atoms with Crippen LogP contribution in [0.1, 0.15) is 10.4 Å². The quantitative estimate of drug-likeness (QED) is 0.395. The van der Waals surface area contributed by atoms with Gasteiger partial charge in [0.05, 0.1) is 15.6 Å². The zero-order valence-corrected chi connectivity index (χ0v) is 18.6. The van der Waals surface area contributed by atoms with Crippen LogP contribution < -0.4 is 15.7 Å². The molecule has 3 aromatic carbocycles. The van der Waals surface area contributed by atoms with E-state index in [0.29, 0.717) is 26.7 Å². The van der Waals surface area contributed by atoms with E-state index >= 15 is 0 Å². The molecule has 0 bridgehead atoms. The van der Waals surface area contributed by atoms with Gasteiger partial charge in [0.25, 0.3) is 15.9 Å².